The normalized spacial score (nSPS) is 12.1. The summed E-state index contributed by atoms with van der Waals surface area (Å²) in [5, 5.41) is 21.7. The van der Waals surface area contributed by atoms with E-state index in [1.54, 1.807) is 12.1 Å². The van der Waals surface area contributed by atoms with Crippen LogP contribution in [0.5, 0.6) is 11.5 Å². The number of aromatic hydroxyl groups is 1. The fourth-order valence-corrected chi connectivity index (χ4v) is 11.8. The molecule has 0 fully saturated rings. The summed E-state index contributed by atoms with van der Waals surface area (Å²) < 4.78 is 16.4. The first-order valence-corrected chi connectivity index (χ1v) is 18.9. The van der Waals surface area contributed by atoms with Crippen molar-refractivity contribution in [3.63, 3.8) is 0 Å². The van der Waals surface area contributed by atoms with Crippen molar-refractivity contribution >= 4 is 41.8 Å². The number of hydrogen-bond acceptors (Lipinski definition) is 8. The molecule has 1 N–H and O–H groups in total. The number of phenolic OH excluding ortho intramolecular Hbond substituents is 1. The van der Waals surface area contributed by atoms with Crippen LogP contribution in [0.1, 0.15) is 70.3 Å². The van der Waals surface area contributed by atoms with Crippen LogP contribution in [-0.2, 0) is 20.7 Å². The number of phenols is 1. The van der Waals surface area contributed by atoms with Crippen LogP contribution in [0.25, 0.3) is 0 Å². The van der Waals surface area contributed by atoms with E-state index in [2.05, 4.69) is 91.7 Å². The van der Waals surface area contributed by atoms with Crippen LogP contribution < -0.4 is 15.1 Å². The molecule has 0 atom stereocenters. The second-order valence-corrected chi connectivity index (χ2v) is 19.1. The molecule has 258 valence electrons. The molecule has 0 aliphatic rings. The van der Waals surface area contributed by atoms with E-state index in [1.165, 1.54) is 29.6 Å². The zero-order chi connectivity index (χ0) is 35.7. The van der Waals surface area contributed by atoms with Gasteiger partial charge in [-0.3, -0.25) is 4.79 Å². The molecule has 0 bridgehead atoms. The minimum absolute atomic E-state index is 0.00147. The third-order valence-electron chi connectivity index (χ3n) is 8.48. The van der Waals surface area contributed by atoms with Gasteiger partial charge in [-0.25, -0.2) is 4.79 Å². The molecule has 0 amide bonds. The van der Waals surface area contributed by atoms with E-state index in [1.807, 2.05) is 32.9 Å². The van der Waals surface area contributed by atoms with Crippen molar-refractivity contribution in [3.05, 3.63) is 108 Å². The molecule has 0 saturated heterocycles. The molecule has 4 rings (SSSR count). The standard InChI is InChI=1S/C40H48N2O6Si/c1-39(2,3)48-37(44)19-14-25-47-36-28-30(43)21-23-35(36)42-41-34-22-20-29(27-33(34)38(45)46-7)24-26-49(40(4,5)6,31-15-10-8-11-16-31)32-17-12-9-13-18-32/h8-13,15-18,20-23,27-28,43H,14,19,24-26H2,1-7H3/b42-41+. The Balaban J connectivity index is 1.59. The number of nitrogens with zero attached hydrogens (tertiary/aromatic N) is 2. The second kappa shape index (κ2) is 16.1. The van der Waals surface area contributed by atoms with Crippen molar-refractivity contribution in [2.45, 2.75) is 77.5 Å². The molecule has 0 radical (unpaired) electrons. The Kier molecular flexibility index (Phi) is 12.2. The molecule has 49 heavy (non-hydrogen) atoms. The van der Waals surface area contributed by atoms with Crippen molar-refractivity contribution < 1.29 is 28.9 Å². The third-order valence-corrected chi connectivity index (χ3v) is 14.7. The van der Waals surface area contributed by atoms with Crippen molar-refractivity contribution in [1.82, 2.24) is 0 Å². The van der Waals surface area contributed by atoms with Gasteiger partial charge in [0.25, 0.3) is 0 Å². The largest absolute Gasteiger partial charge is 0.508 e. The predicted octanol–water partition coefficient (Wildman–Crippen LogP) is 8.70. The Morgan fingerprint density at radius 3 is 1.94 bits per heavy atom. The topological polar surface area (TPSA) is 107 Å². The average Bonchev–Trinajstić information content (AvgIpc) is 3.06. The number of rotatable bonds is 13. The number of methoxy groups -OCH3 is 1. The first kappa shape index (κ1) is 37.1. The third kappa shape index (κ3) is 9.66. The van der Waals surface area contributed by atoms with Crippen LogP contribution in [0.2, 0.25) is 11.1 Å². The zero-order valence-electron chi connectivity index (χ0n) is 29.7. The van der Waals surface area contributed by atoms with Crippen molar-refractivity contribution in [3.8, 4) is 11.5 Å². The van der Waals surface area contributed by atoms with Gasteiger partial charge in [-0.1, -0.05) is 97.9 Å². The molecule has 8 nitrogen and oxygen atoms in total. The number of benzene rings is 4. The van der Waals surface area contributed by atoms with E-state index in [9.17, 15) is 14.7 Å². The SMILES string of the molecule is COC(=O)c1cc(CC[Si](c2ccccc2)(c2ccccc2)C(C)(C)C)ccc1/N=N/c1ccc(O)cc1OCCCC(=O)OC(C)(C)C. The Hall–Kier alpha value is -4.76. The summed E-state index contributed by atoms with van der Waals surface area (Å²) in [5.74, 6) is -0.515. The monoisotopic (exact) mass is 680 g/mol. The highest BCUT2D eigenvalue weighted by atomic mass is 28.3. The van der Waals surface area contributed by atoms with E-state index in [0.717, 1.165) is 18.0 Å². The lowest BCUT2D eigenvalue weighted by atomic mass is 10.1. The summed E-state index contributed by atoms with van der Waals surface area (Å²) in [6.07, 6.45) is 1.37. The first-order chi connectivity index (χ1) is 23.2. The van der Waals surface area contributed by atoms with Crippen LogP contribution in [0.4, 0.5) is 11.4 Å². The molecule has 0 heterocycles. The number of esters is 2. The van der Waals surface area contributed by atoms with Gasteiger partial charge in [0, 0.05) is 12.5 Å². The number of hydrogen-bond donors (Lipinski definition) is 1. The number of ether oxygens (including phenoxy) is 3. The highest BCUT2D eigenvalue weighted by Gasteiger charge is 2.46. The Labute approximate surface area is 291 Å². The minimum Gasteiger partial charge on any atom is -0.508 e. The van der Waals surface area contributed by atoms with Crippen molar-refractivity contribution in [1.29, 1.82) is 0 Å². The average molecular weight is 681 g/mol. The summed E-state index contributed by atoms with van der Waals surface area (Å²) in [4.78, 5) is 25.1. The number of azo groups is 1. The molecule has 0 aliphatic heterocycles. The van der Waals surface area contributed by atoms with E-state index in [4.69, 9.17) is 14.2 Å². The zero-order valence-corrected chi connectivity index (χ0v) is 30.7. The van der Waals surface area contributed by atoms with E-state index < -0.39 is 19.6 Å². The lowest BCUT2D eigenvalue weighted by Crippen LogP contribution is -2.64. The van der Waals surface area contributed by atoms with Crippen molar-refractivity contribution in [2.75, 3.05) is 13.7 Å². The van der Waals surface area contributed by atoms with Crippen LogP contribution in [0, 0.1) is 0 Å². The molecule has 0 unspecified atom stereocenters. The molecule has 0 spiro atoms. The minimum atomic E-state index is -2.32. The van der Waals surface area contributed by atoms with Gasteiger partial charge < -0.3 is 19.3 Å². The maximum atomic E-state index is 13.0. The maximum absolute atomic E-state index is 13.0. The van der Waals surface area contributed by atoms with Gasteiger partial charge in [0.05, 0.1) is 19.3 Å². The fraction of sp³-hybridized carbons (Fsp3) is 0.350. The summed E-state index contributed by atoms with van der Waals surface area (Å²) in [6.45, 7) is 12.7. The van der Waals surface area contributed by atoms with E-state index in [0.29, 0.717) is 29.1 Å². The van der Waals surface area contributed by atoms with Gasteiger partial charge >= 0.3 is 11.9 Å². The number of carbonyl (C=O) groups excluding carboxylic acids is 2. The van der Waals surface area contributed by atoms with Crippen LogP contribution in [0.3, 0.4) is 0 Å². The summed E-state index contributed by atoms with van der Waals surface area (Å²) in [5.41, 5.74) is 1.48. The Morgan fingerprint density at radius 1 is 0.776 bits per heavy atom. The molecule has 0 aliphatic carbocycles. The van der Waals surface area contributed by atoms with Gasteiger partial charge in [-0.05, 0) is 74.5 Å². The lowest BCUT2D eigenvalue weighted by Gasteiger charge is -2.44. The number of carbonyl (C=O) groups is 2. The van der Waals surface area contributed by atoms with Gasteiger partial charge in [0.2, 0.25) is 0 Å². The molecule has 0 saturated carbocycles. The van der Waals surface area contributed by atoms with Crippen LogP contribution >= 0.6 is 0 Å². The van der Waals surface area contributed by atoms with Gasteiger partial charge in [-0.15, -0.1) is 10.2 Å². The molecule has 9 heteroatoms. The van der Waals surface area contributed by atoms with Gasteiger partial charge in [0.15, 0.2) is 0 Å². The number of aryl methyl sites for hydroxylation is 1. The molecule has 4 aromatic carbocycles. The molecular weight excluding hydrogens is 633 g/mol. The molecular formula is C40H48N2O6Si. The van der Waals surface area contributed by atoms with Gasteiger partial charge in [0.1, 0.15) is 36.5 Å². The Morgan fingerprint density at radius 2 is 1.37 bits per heavy atom. The quantitative estimate of drug-likeness (QED) is 0.0655. The summed E-state index contributed by atoms with van der Waals surface area (Å²) in [7, 11) is -0.969. The fourth-order valence-electron chi connectivity index (χ4n) is 6.17. The summed E-state index contributed by atoms with van der Waals surface area (Å²) >= 11 is 0. The molecule has 0 aromatic heterocycles. The predicted molar refractivity (Wildman–Crippen MR) is 197 cm³/mol. The highest BCUT2D eigenvalue weighted by molar-refractivity contribution is 7.04. The second-order valence-electron chi connectivity index (χ2n) is 14.1. The van der Waals surface area contributed by atoms with Crippen LogP contribution in [0.15, 0.2) is 107 Å². The maximum Gasteiger partial charge on any atom is 0.340 e. The highest BCUT2D eigenvalue weighted by Crippen LogP contribution is 2.40. The smallest absolute Gasteiger partial charge is 0.340 e. The van der Waals surface area contributed by atoms with Gasteiger partial charge in [-0.2, -0.15) is 0 Å². The lowest BCUT2D eigenvalue weighted by molar-refractivity contribution is -0.155. The van der Waals surface area contributed by atoms with E-state index in [-0.39, 0.29) is 29.8 Å². The first-order valence-electron chi connectivity index (χ1n) is 16.7. The molecule has 4 aromatic rings. The Bertz CT molecular complexity index is 1710. The van der Waals surface area contributed by atoms with Crippen LogP contribution in [-0.4, -0.2) is 44.4 Å². The summed E-state index contributed by atoms with van der Waals surface area (Å²) in [6, 6.07) is 32.7. The van der Waals surface area contributed by atoms with E-state index >= 15 is 0 Å². The van der Waals surface area contributed by atoms with Crippen molar-refractivity contribution in [2.24, 2.45) is 10.2 Å².